The van der Waals surface area contributed by atoms with E-state index in [0.717, 1.165) is 10.1 Å². The number of allylic oxidation sites excluding steroid dienone is 2. The van der Waals surface area contributed by atoms with E-state index in [0.29, 0.717) is 44.9 Å². The lowest BCUT2D eigenvalue weighted by molar-refractivity contribution is -0.139. The fourth-order valence-corrected chi connectivity index (χ4v) is 9.12. The lowest BCUT2D eigenvalue weighted by atomic mass is 9.53. The zero-order valence-corrected chi connectivity index (χ0v) is 32.5. The number of para-hydroxylation sites is 1. The number of carbonyl (C=O) groups is 2. The highest BCUT2D eigenvalue weighted by atomic mass is 35.5. The molecule has 6 aromatic rings. The molecule has 0 bridgehead atoms. The van der Waals surface area contributed by atoms with E-state index in [1.54, 1.807) is 72.8 Å². The van der Waals surface area contributed by atoms with Crippen LogP contribution < -0.4 is 21.5 Å². The predicted octanol–water partition coefficient (Wildman–Crippen LogP) is 7.42. The number of alkyl halides is 3. The Bertz CT molecular complexity index is 2850. The van der Waals surface area contributed by atoms with Gasteiger partial charge >= 0.3 is 17.6 Å². The molecule has 4 aromatic carbocycles. The second-order valence-corrected chi connectivity index (χ2v) is 15.5. The summed E-state index contributed by atoms with van der Waals surface area (Å²) in [5.41, 5.74) is 0.393. The summed E-state index contributed by atoms with van der Waals surface area (Å²) in [5, 5.41) is 12.5. The number of amides is 2. The van der Waals surface area contributed by atoms with Crippen LogP contribution in [0.15, 0.2) is 137 Å². The third-order valence-electron chi connectivity index (χ3n) is 11.4. The minimum atomic E-state index is -4.78. The average Bonchev–Trinajstić information content (AvgIpc) is 3.62. The maximum atomic E-state index is 15.4. The molecule has 2 fully saturated rings. The number of hydrogen-bond donors (Lipinski definition) is 2. The normalized spacial score (nSPS) is 20.9. The second-order valence-electron chi connectivity index (χ2n) is 14.6. The van der Waals surface area contributed by atoms with E-state index in [2.05, 4.69) is 10.4 Å². The Hall–Kier alpha value is -6.58. The van der Waals surface area contributed by atoms with Gasteiger partial charge in [0, 0.05) is 28.8 Å². The van der Waals surface area contributed by atoms with Gasteiger partial charge in [0.05, 0.1) is 40.2 Å². The first-order chi connectivity index (χ1) is 28.8. The molecule has 60 heavy (non-hydrogen) atoms. The first-order valence-electron chi connectivity index (χ1n) is 18.6. The van der Waals surface area contributed by atoms with Gasteiger partial charge in [-0.1, -0.05) is 96.0 Å². The molecule has 17 heteroatoms. The highest BCUT2D eigenvalue weighted by molar-refractivity contribution is 6.33. The number of aromatic nitrogens is 4. The fourth-order valence-electron chi connectivity index (χ4n) is 8.79. The van der Waals surface area contributed by atoms with E-state index in [-0.39, 0.29) is 30.9 Å². The zero-order chi connectivity index (χ0) is 42.1. The summed E-state index contributed by atoms with van der Waals surface area (Å²) in [5.74, 6) is -4.58. The maximum Gasteiger partial charge on any atom is 0.417 e. The number of imide groups is 1. The molecule has 2 aromatic heterocycles. The van der Waals surface area contributed by atoms with Gasteiger partial charge in [-0.15, -0.1) is 0 Å². The van der Waals surface area contributed by atoms with Gasteiger partial charge in [-0.25, -0.2) is 28.5 Å². The molecule has 0 radical (unpaired) electrons. The molecule has 1 aliphatic carbocycles. The number of nitrogens with zero attached hydrogens (tertiary/aromatic N) is 5. The van der Waals surface area contributed by atoms with Gasteiger partial charge in [0.1, 0.15) is 18.1 Å². The van der Waals surface area contributed by atoms with E-state index in [9.17, 15) is 32.7 Å². The van der Waals surface area contributed by atoms with Gasteiger partial charge in [0.25, 0.3) is 11.8 Å². The second kappa shape index (κ2) is 14.6. The van der Waals surface area contributed by atoms with Crippen molar-refractivity contribution in [2.45, 2.75) is 43.1 Å². The number of pyridine rings is 1. The van der Waals surface area contributed by atoms with Gasteiger partial charge in [-0.3, -0.25) is 15.0 Å². The van der Waals surface area contributed by atoms with Crippen molar-refractivity contribution >= 4 is 40.8 Å². The van der Waals surface area contributed by atoms with Crippen molar-refractivity contribution in [1.29, 1.82) is 0 Å². The van der Waals surface area contributed by atoms with Crippen molar-refractivity contribution in [1.82, 2.24) is 23.9 Å². The standard InChI is InChI=1S/C43H31Cl2F3N6O6/c44-27-13-11-25(12-14-27)42-32(38(56)53(39(42)57)50-37-33(45)19-26(22-49-37)43(46,47)48)21-34-30(17-18-51-40(58)52(41(59)54(34)51)28-9-5-2-6-10-28)36(42)31-16-15-29(20-35(31)55)60-23-24-7-3-1-4-8-24/h1-17,19-20,22,32,34,36,55H,18,21,23H2,(H,49,50). The van der Waals surface area contributed by atoms with Gasteiger partial charge in [0.15, 0.2) is 5.82 Å². The third-order valence-corrected chi connectivity index (χ3v) is 11.9. The quantitative estimate of drug-likeness (QED) is 0.119. The number of aromatic hydroxyl groups is 1. The molecule has 1 saturated heterocycles. The van der Waals surface area contributed by atoms with Gasteiger partial charge in [-0.05, 0) is 59.5 Å². The Morgan fingerprint density at radius 2 is 1.58 bits per heavy atom. The summed E-state index contributed by atoms with van der Waals surface area (Å²) in [4.78, 5) is 62.6. The molecular formula is C43H31Cl2F3N6O6. The minimum Gasteiger partial charge on any atom is -0.508 e. The number of phenolic OH excluding ortho intramolecular Hbond substituents is 1. The number of ether oxygens (including phenoxy) is 1. The monoisotopic (exact) mass is 854 g/mol. The number of phenols is 1. The van der Waals surface area contributed by atoms with E-state index >= 15 is 4.79 Å². The zero-order valence-electron chi connectivity index (χ0n) is 31.0. The van der Waals surface area contributed by atoms with Crippen molar-refractivity contribution < 1.29 is 32.6 Å². The molecular weight excluding hydrogens is 824 g/mol. The summed E-state index contributed by atoms with van der Waals surface area (Å²) in [6, 6.07) is 28.2. The molecule has 4 unspecified atom stereocenters. The highest BCUT2D eigenvalue weighted by Gasteiger charge is 2.69. The van der Waals surface area contributed by atoms with Gasteiger partial charge in [-0.2, -0.15) is 18.2 Å². The van der Waals surface area contributed by atoms with Crippen molar-refractivity contribution in [2.24, 2.45) is 5.92 Å². The lowest BCUT2D eigenvalue weighted by Gasteiger charge is -2.49. The summed E-state index contributed by atoms with van der Waals surface area (Å²) >= 11 is 12.6. The van der Waals surface area contributed by atoms with Gasteiger partial charge in [0.2, 0.25) is 0 Å². The highest BCUT2D eigenvalue weighted by Crippen LogP contribution is 2.63. The van der Waals surface area contributed by atoms with Gasteiger partial charge < -0.3 is 9.84 Å². The summed E-state index contributed by atoms with van der Waals surface area (Å²) in [7, 11) is 0. The average molecular weight is 856 g/mol. The van der Waals surface area contributed by atoms with Crippen molar-refractivity contribution in [2.75, 3.05) is 5.43 Å². The largest absolute Gasteiger partial charge is 0.508 e. The number of halogens is 5. The number of benzene rings is 4. The van der Waals surface area contributed by atoms with E-state index in [1.165, 1.54) is 15.4 Å². The van der Waals surface area contributed by atoms with Crippen LogP contribution in [-0.2, 0) is 34.3 Å². The van der Waals surface area contributed by atoms with E-state index < -0.39 is 69.1 Å². The topological polar surface area (TPSA) is 141 Å². The molecule has 3 aliphatic rings. The fraction of sp³-hybridized carbons (Fsp3) is 0.186. The molecule has 2 N–H and O–H groups in total. The van der Waals surface area contributed by atoms with Crippen LogP contribution in [0, 0.1) is 5.92 Å². The molecule has 304 valence electrons. The molecule has 9 rings (SSSR count). The van der Waals surface area contributed by atoms with Crippen molar-refractivity contribution in [3.05, 3.63) is 180 Å². The van der Waals surface area contributed by atoms with Crippen LogP contribution in [0.5, 0.6) is 11.5 Å². The maximum absolute atomic E-state index is 15.4. The van der Waals surface area contributed by atoms with Crippen LogP contribution in [0.4, 0.5) is 19.0 Å². The number of hydrogen-bond acceptors (Lipinski definition) is 8. The first-order valence-corrected chi connectivity index (χ1v) is 19.4. The van der Waals surface area contributed by atoms with Crippen LogP contribution in [0.25, 0.3) is 5.69 Å². The molecule has 2 aliphatic heterocycles. The molecule has 12 nitrogen and oxygen atoms in total. The Labute approximate surface area is 348 Å². The smallest absolute Gasteiger partial charge is 0.417 e. The van der Waals surface area contributed by atoms with Crippen LogP contribution in [0.2, 0.25) is 10.0 Å². The molecule has 2 amide bonds. The molecule has 1 saturated carbocycles. The van der Waals surface area contributed by atoms with E-state index in [1.807, 2.05) is 30.3 Å². The van der Waals surface area contributed by atoms with Crippen LogP contribution in [0.3, 0.4) is 0 Å². The first kappa shape index (κ1) is 38.9. The van der Waals surface area contributed by atoms with Crippen molar-refractivity contribution in [3.8, 4) is 17.2 Å². The Kier molecular flexibility index (Phi) is 9.47. The summed E-state index contributed by atoms with van der Waals surface area (Å²) < 4.78 is 50.2. The molecule has 4 atom stereocenters. The Morgan fingerprint density at radius 3 is 2.25 bits per heavy atom. The lowest BCUT2D eigenvalue weighted by Crippen LogP contribution is -2.53. The number of rotatable bonds is 8. The minimum absolute atomic E-state index is 0.105. The Morgan fingerprint density at radius 1 is 0.883 bits per heavy atom. The molecule has 0 spiro atoms. The summed E-state index contributed by atoms with van der Waals surface area (Å²) in [6.45, 7) is 0.0753. The molecule has 4 heterocycles. The van der Waals surface area contributed by atoms with Crippen LogP contribution in [0.1, 0.15) is 40.6 Å². The number of nitrogens with one attached hydrogen (secondary N) is 1. The summed E-state index contributed by atoms with van der Waals surface area (Å²) in [6.07, 6.45) is -2.73. The van der Waals surface area contributed by atoms with Crippen molar-refractivity contribution in [3.63, 3.8) is 0 Å². The number of carbonyl (C=O) groups excluding carboxylic acids is 2. The Balaban J connectivity index is 1.23. The predicted molar refractivity (Wildman–Crippen MR) is 214 cm³/mol. The number of anilines is 1. The van der Waals surface area contributed by atoms with E-state index in [4.69, 9.17) is 27.9 Å². The van der Waals surface area contributed by atoms with Crippen LogP contribution >= 0.6 is 23.2 Å². The van der Waals surface area contributed by atoms with Crippen LogP contribution in [-0.4, -0.2) is 40.8 Å². The number of fused-ring (bicyclic) bond motifs is 4. The number of hydrazine groups is 1. The SMILES string of the molecule is O=C1C2CC3C(=CCn4c(=O)n(-c5ccccc5)c(=O)n43)C(c3ccc(OCc4ccccc4)cc3O)C2(c2ccc(Cl)cc2)C(=O)N1Nc1ncc(C(F)(F)F)cc1Cl. The third kappa shape index (κ3) is 6.18.